The van der Waals surface area contributed by atoms with Gasteiger partial charge in [-0.05, 0) is 96.3 Å². The molecule has 1 aromatic heterocycles. The average Bonchev–Trinajstić information content (AvgIpc) is 3.57. The first-order valence-electron chi connectivity index (χ1n) is 17.8. The third kappa shape index (κ3) is 4.44. The lowest BCUT2D eigenvalue weighted by Crippen LogP contribution is -2.11. The van der Waals surface area contributed by atoms with Gasteiger partial charge in [-0.3, -0.25) is 0 Å². The Morgan fingerprint density at radius 2 is 0.808 bits per heavy atom. The molecule has 0 unspecified atom stereocenters. The second-order valence-electron chi connectivity index (χ2n) is 13.7. The molecule has 11 rings (SSSR count). The lowest BCUT2D eigenvalue weighted by Gasteiger charge is -2.28. The van der Waals surface area contributed by atoms with Crippen LogP contribution in [0, 0.1) is 0 Å². The highest BCUT2D eigenvalue weighted by Crippen LogP contribution is 2.46. The Balaban J connectivity index is 1.16. The summed E-state index contributed by atoms with van der Waals surface area (Å²) in [7, 11) is 0. The monoisotopic (exact) mass is 661 g/mol. The van der Waals surface area contributed by atoms with Crippen molar-refractivity contribution in [2.75, 3.05) is 4.90 Å². The van der Waals surface area contributed by atoms with Gasteiger partial charge in [0.15, 0.2) is 0 Å². The molecule has 0 aliphatic rings. The van der Waals surface area contributed by atoms with Crippen LogP contribution in [0.25, 0.3) is 86.9 Å². The van der Waals surface area contributed by atoms with Gasteiger partial charge in [0.25, 0.3) is 0 Å². The third-order valence-electron chi connectivity index (χ3n) is 10.8. The SMILES string of the molecule is c1ccc(N(c2ccc3c(ccc4ccccc43)c2)c2ccc3c(ccc4ccccc43)c2)c(-c2cccc3c2oc2cc4ccccc4cc23)c1. The van der Waals surface area contributed by atoms with E-state index in [2.05, 4.69) is 193 Å². The maximum atomic E-state index is 6.77. The maximum Gasteiger partial charge on any atom is 0.143 e. The number of rotatable bonds is 4. The van der Waals surface area contributed by atoms with Crippen molar-refractivity contribution in [1.29, 1.82) is 0 Å². The van der Waals surface area contributed by atoms with Crippen molar-refractivity contribution in [3.8, 4) is 11.1 Å². The van der Waals surface area contributed by atoms with Crippen LogP contribution in [-0.4, -0.2) is 0 Å². The molecule has 0 N–H and O–H groups in total. The van der Waals surface area contributed by atoms with Gasteiger partial charge in [0.05, 0.1) is 5.69 Å². The first kappa shape index (κ1) is 28.9. The molecule has 11 aromatic rings. The molecule has 2 heteroatoms. The van der Waals surface area contributed by atoms with Crippen molar-refractivity contribution in [3.63, 3.8) is 0 Å². The molecule has 0 saturated heterocycles. The number of furan rings is 1. The van der Waals surface area contributed by atoms with Crippen LogP contribution < -0.4 is 4.90 Å². The van der Waals surface area contributed by atoms with Gasteiger partial charge in [0, 0.05) is 33.3 Å². The summed E-state index contributed by atoms with van der Waals surface area (Å²) in [6, 6.07) is 68.2. The van der Waals surface area contributed by atoms with E-state index in [0.717, 1.165) is 50.1 Å². The molecule has 0 amide bonds. The summed E-state index contributed by atoms with van der Waals surface area (Å²) < 4.78 is 6.77. The van der Waals surface area contributed by atoms with E-state index < -0.39 is 0 Å². The largest absolute Gasteiger partial charge is 0.455 e. The summed E-state index contributed by atoms with van der Waals surface area (Å²) in [5, 5.41) is 14.6. The van der Waals surface area contributed by atoms with Crippen molar-refractivity contribution >= 4 is 92.9 Å². The van der Waals surface area contributed by atoms with Gasteiger partial charge < -0.3 is 9.32 Å². The van der Waals surface area contributed by atoms with Crippen molar-refractivity contribution in [3.05, 3.63) is 188 Å². The molecule has 0 saturated carbocycles. The molecule has 0 bridgehead atoms. The number of hydrogen-bond donors (Lipinski definition) is 0. The third-order valence-corrected chi connectivity index (χ3v) is 10.8. The highest BCUT2D eigenvalue weighted by Gasteiger charge is 2.21. The molecule has 0 radical (unpaired) electrons. The first-order chi connectivity index (χ1) is 25.8. The second kappa shape index (κ2) is 11.3. The highest BCUT2D eigenvalue weighted by atomic mass is 16.3. The molecule has 1 heterocycles. The van der Waals surface area contributed by atoms with E-state index in [1.54, 1.807) is 0 Å². The van der Waals surface area contributed by atoms with Gasteiger partial charge in [0.1, 0.15) is 11.2 Å². The Bertz CT molecular complexity index is 3090. The van der Waals surface area contributed by atoms with Gasteiger partial charge in [-0.15, -0.1) is 0 Å². The summed E-state index contributed by atoms with van der Waals surface area (Å²) in [5.41, 5.74) is 7.25. The second-order valence-corrected chi connectivity index (χ2v) is 13.7. The van der Waals surface area contributed by atoms with Crippen LogP contribution in [0.1, 0.15) is 0 Å². The van der Waals surface area contributed by atoms with Crippen LogP contribution in [0.5, 0.6) is 0 Å². The number of para-hydroxylation sites is 2. The summed E-state index contributed by atoms with van der Waals surface area (Å²) in [6.45, 7) is 0. The van der Waals surface area contributed by atoms with Crippen LogP contribution in [0.4, 0.5) is 17.1 Å². The van der Waals surface area contributed by atoms with E-state index in [1.165, 1.54) is 53.9 Å². The van der Waals surface area contributed by atoms with E-state index in [4.69, 9.17) is 4.42 Å². The number of nitrogens with zero attached hydrogens (tertiary/aromatic N) is 1. The topological polar surface area (TPSA) is 16.4 Å². The number of hydrogen-bond acceptors (Lipinski definition) is 2. The van der Waals surface area contributed by atoms with Crippen LogP contribution in [0.3, 0.4) is 0 Å². The van der Waals surface area contributed by atoms with Crippen molar-refractivity contribution in [2.45, 2.75) is 0 Å². The molecular weight excluding hydrogens is 631 g/mol. The molecule has 0 aliphatic carbocycles. The Morgan fingerprint density at radius 1 is 0.308 bits per heavy atom. The number of fused-ring (bicyclic) bond motifs is 10. The molecule has 0 aliphatic heterocycles. The number of anilines is 3. The quantitative estimate of drug-likeness (QED) is 0.175. The molecule has 10 aromatic carbocycles. The van der Waals surface area contributed by atoms with E-state index in [-0.39, 0.29) is 0 Å². The van der Waals surface area contributed by atoms with Crippen LogP contribution in [0.15, 0.2) is 192 Å². The first-order valence-corrected chi connectivity index (χ1v) is 17.8. The van der Waals surface area contributed by atoms with E-state index in [9.17, 15) is 0 Å². The summed E-state index contributed by atoms with van der Waals surface area (Å²) in [6.07, 6.45) is 0. The van der Waals surface area contributed by atoms with E-state index in [0.29, 0.717) is 0 Å². The molecule has 2 nitrogen and oxygen atoms in total. The standard InChI is InChI=1S/C50H31NO/c1-2-13-35-31-49-47(30-34(35)12-1)46-18-9-17-45(50(46)52-49)44-16-7-8-19-48(44)51(38-24-26-42-36(28-38)22-20-32-10-3-5-14-40(32)42)39-25-27-43-37(29-39)23-21-33-11-4-6-15-41(33)43/h1-31H. The van der Waals surface area contributed by atoms with Crippen molar-refractivity contribution in [1.82, 2.24) is 0 Å². The van der Waals surface area contributed by atoms with Gasteiger partial charge in [0.2, 0.25) is 0 Å². The lowest BCUT2D eigenvalue weighted by molar-refractivity contribution is 0.670. The average molecular weight is 662 g/mol. The molecule has 0 spiro atoms. The maximum absolute atomic E-state index is 6.77. The van der Waals surface area contributed by atoms with E-state index >= 15 is 0 Å². The molecule has 242 valence electrons. The van der Waals surface area contributed by atoms with Gasteiger partial charge in [-0.2, -0.15) is 0 Å². The fourth-order valence-electron chi connectivity index (χ4n) is 8.30. The zero-order chi connectivity index (χ0) is 34.2. The zero-order valence-corrected chi connectivity index (χ0v) is 28.3. The number of benzene rings is 10. The fraction of sp³-hybridized carbons (Fsp3) is 0. The van der Waals surface area contributed by atoms with E-state index in [1.807, 2.05) is 0 Å². The molecule has 0 atom stereocenters. The minimum Gasteiger partial charge on any atom is -0.455 e. The Hall–Kier alpha value is -6.90. The Morgan fingerprint density at radius 3 is 1.48 bits per heavy atom. The van der Waals surface area contributed by atoms with Crippen LogP contribution in [0.2, 0.25) is 0 Å². The predicted octanol–water partition coefficient (Wildman–Crippen LogP) is 14.5. The van der Waals surface area contributed by atoms with Crippen LogP contribution >= 0.6 is 0 Å². The fourth-order valence-corrected chi connectivity index (χ4v) is 8.30. The lowest BCUT2D eigenvalue weighted by atomic mass is 9.97. The van der Waals surface area contributed by atoms with Gasteiger partial charge in [-0.1, -0.05) is 146 Å². The summed E-state index contributed by atoms with van der Waals surface area (Å²) in [4.78, 5) is 2.41. The normalized spacial score (nSPS) is 11.8. The van der Waals surface area contributed by atoms with Gasteiger partial charge >= 0.3 is 0 Å². The zero-order valence-electron chi connectivity index (χ0n) is 28.3. The minimum atomic E-state index is 0.898. The Labute approximate surface area is 300 Å². The Kier molecular flexibility index (Phi) is 6.28. The minimum absolute atomic E-state index is 0.898. The molecular formula is C50H31NO. The summed E-state index contributed by atoms with van der Waals surface area (Å²) in [5.74, 6) is 0. The molecule has 0 fully saturated rings. The highest BCUT2D eigenvalue weighted by molar-refractivity contribution is 6.15. The predicted molar refractivity (Wildman–Crippen MR) is 221 cm³/mol. The van der Waals surface area contributed by atoms with Crippen molar-refractivity contribution < 1.29 is 4.42 Å². The van der Waals surface area contributed by atoms with Crippen LogP contribution in [-0.2, 0) is 0 Å². The smallest absolute Gasteiger partial charge is 0.143 e. The molecule has 52 heavy (non-hydrogen) atoms. The van der Waals surface area contributed by atoms with Crippen molar-refractivity contribution in [2.24, 2.45) is 0 Å². The summed E-state index contributed by atoms with van der Waals surface area (Å²) >= 11 is 0. The van der Waals surface area contributed by atoms with Gasteiger partial charge in [-0.25, -0.2) is 0 Å².